The highest BCUT2D eigenvalue weighted by molar-refractivity contribution is 6.00. The Kier molecular flexibility index (Phi) is 6.60. The number of carbonyl (C=O) groups is 3. The normalized spacial score (nSPS) is 16.7. The lowest BCUT2D eigenvalue weighted by molar-refractivity contribution is -0.126. The second-order valence-corrected chi connectivity index (χ2v) is 5.71. The van der Waals surface area contributed by atoms with E-state index in [0.717, 1.165) is 0 Å². The molecule has 1 unspecified atom stereocenters. The van der Waals surface area contributed by atoms with E-state index >= 15 is 0 Å². The zero-order valence-corrected chi connectivity index (χ0v) is 15.1. The summed E-state index contributed by atoms with van der Waals surface area (Å²) in [5, 5.41) is 5.15. The number of nitrogens with zero attached hydrogens (tertiary/aromatic N) is 1. The maximum Gasteiger partial charge on any atom is 0.243 e. The van der Waals surface area contributed by atoms with Crippen molar-refractivity contribution in [1.82, 2.24) is 10.6 Å². The largest absolute Gasteiger partial charge is 0.493 e. The summed E-state index contributed by atoms with van der Waals surface area (Å²) in [4.78, 5) is 37.2. The van der Waals surface area contributed by atoms with Gasteiger partial charge in [-0.2, -0.15) is 0 Å². The van der Waals surface area contributed by atoms with Crippen LogP contribution in [0, 0.1) is 5.92 Å². The monoisotopic (exact) mass is 361 g/mol. The molecule has 26 heavy (non-hydrogen) atoms. The first-order chi connectivity index (χ1) is 12.5. The third-order valence-electron chi connectivity index (χ3n) is 4.08. The van der Waals surface area contributed by atoms with E-state index in [4.69, 9.17) is 9.47 Å². The number of amides is 3. The third-order valence-corrected chi connectivity index (χ3v) is 4.08. The zero-order chi connectivity index (χ0) is 19.1. The van der Waals surface area contributed by atoms with Gasteiger partial charge in [-0.15, -0.1) is 0 Å². The summed E-state index contributed by atoms with van der Waals surface area (Å²) < 4.78 is 10.4. The van der Waals surface area contributed by atoms with Crippen LogP contribution in [-0.2, 0) is 14.4 Å². The number of nitrogens with one attached hydrogen (secondary N) is 2. The van der Waals surface area contributed by atoms with Crippen LogP contribution in [0.25, 0.3) is 0 Å². The molecular formula is C18H23N3O5. The number of carbonyl (C=O) groups excluding carboxylic acids is 3. The van der Waals surface area contributed by atoms with Crippen LogP contribution in [0.3, 0.4) is 0 Å². The highest BCUT2D eigenvalue weighted by Crippen LogP contribution is 2.34. The van der Waals surface area contributed by atoms with Gasteiger partial charge in [0.1, 0.15) is 0 Å². The van der Waals surface area contributed by atoms with Crippen LogP contribution in [0.15, 0.2) is 30.4 Å². The van der Waals surface area contributed by atoms with Gasteiger partial charge in [-0.1, -0.05) is 6.08 Å². The Morgan fingerprint density at radius 2 is 2.00 bits per heavy atom. The van der Waals surface area contributed by atoms with E-state index in [0.29, 0.717) is 23.7 Å². The lowest BCUT2D eigenvalue weighted by Crippen LogP contribution is -2.33. The summed E-state index contributed by atoms with van der Waals surface area (Å²) >= 11 is 0. The quantitative estimate of drug-likeness (QED) is 0.689. The zero-order valence-electron chi connectivity index (χ0n) is 15.1. The lowest BCUT2D eigenvalue weighted by Gasteiger charge is -2.18. The molecule has 2 N–H and O–H groups in total. The summed E-state index contributed by atoms with van der Waals surface area (Å²) in [6.45, 7) is 0.520. The van der Waals surface area contributed by atoms with Crippen molar-refractivity contribution < 1.29 is 23.9 Å². The number of ether oxygens (including phenoxy) is 2. The molecule has 0 aromatic heterocycles. The summed E-state index contributed by atoms with van der Waals surface area (Å²) in [6, 6.07) is 5.19. The number of hydrogen-bond donors (Lipinski definition) is 2. The molecule has 1 aliphatic heterocycles. The predicted molar refractivity (Wildman–Crippen MR) is 96.2 cm³/mol. The predicted octanol–water partition coefficient (Wildman–Crippen LogP) is 0.475. The molecule has 8 nitrogen and oxygen atoms in total. The molecule has 3 amide bonds. The van der Waals surface area contributed by atoms with E-state index < -0.39 is 5.92 Å². The van der Waals surface area contributed by atoms with Gasteiger partial charge >= 0.3 is 0 Å². The van der Waals surface area contributed by atoms with Crippen LogP contribution in [0.5, 0.6) is 11.5 Å². The van der Waals surface area contributed by atoms with E-state index in [1.54, 1.807) is 29.2 Å². The molecule has 1 fully saturated rings. The van der Waals surface area contributed by atoms with Crippen molar-refractivity contribution in [3.63, 3.8) is 0 Å². The van der Waals surface area contributed by atoms with Gasteiger partial charge in [0.25, 0.3) is 0 Å². The number of likely N-dealkylation sites (N-methyl/N-ethyl adjacent to an activating group) is 1. The SMILES string of the molecule is CNC(=O)/C=C/CNC(=O)C1CC(=O)N(c2ccc(OC)c(OC)c2)C1. The fourth-order valence-electron chi connectivity index (χ4n) is 2.68. The molecule has 0 aliphatic carbocycles. The second-order valence-electron chi connectivity index (χ2n) is 5.71. The van der Waals surface area contributed by atoms with Crippen molar-refractivity contribution in [3.8, 4) is 11.5 Å². The number of rotatable bonds is 7. The number of anilines is 1. The Morgan fingerprint density at radius 3 is 2.65 bits per heavy atom. The van der Waals surface area contributed by atoms with Gasteiger partial charge in [-0.3, -0.25) is 14.4 Å². The van der Waals surface area contributed by atoms with Gasteiger partial charge < -0.3 is 25.0 Å². The van der Waals surface area contributed by atoms with E-state index in [9.17, 15) is 14.4 Å². The average molecular weight is 361 g/mol. The van der Waals surface area contributed by atoms with Crippen LogP contribution in [0.4, 0.5) is 5.69 Å². The van der Waals surface area contributed by atoms with Gasteiger partial charge in [0.2, 0.25) is 17.7 Å². The number of benzene rings is 1. The van der Waals surface area contributed by atoms with Gasteiger partial charge in [-0.05, 0) is 12.1 Å². The highest BCUT2D eigenvalue weighted by atomic mass is 16.5. The molecule has 1 atom stereocenters. The first kappa shape index (κ1) is 19.3. The molecule has 2 rings (SSSR count). The topological polar surface area (TPSA) is 97.0 Å². The van der Waals surface area contributed by atoms with Crippen LogP contribution in [-0.4, -0.2) is 52.1 Å². The average Bonchev–Trinajstić information content (AvgIpc) is 3.05. The van der Waals surface area contributed by atoms with Gasteiger partial charge in [0.15, 0.2) is 11.5 Å². The van der Waals surface area contributed by atoms with Crippen molar-refractivity contribution in [3.05, 3.63) is 30.4 Å². The fraction of sp³-hybridized carbons (Fsp3) is 0.389. The number of hydrogen-bond acceptors (Lipinski definition) is 5. The van der Waals surface area contributed by atoms with E-state index in [1.807, 2.05) is 0 Å². The van der Waals surface area contributed by atoms with Crippen molar-refractivity contribution >= 4 is 23.4 Å². The molecule has 0 radical (unpaired) electrons. The molecule has 1 heterocycles. The lowest BCUT2D eigenvalue weighted by atomic mass is 10.1. The van der Waals surface area contributed by atoms with Gasteiger partial charge in [-0.25, -0.2) is 0 Å². The molecular weight excluding hydrogens is 338 g/mol. The van der Waals surface area contributed by atoms with Gasteiger partial charge in [0.05, 0.1) is 20.1 Å². The molecule has 1 aliphatic rings. The minimum absolute atomic E-state index is 0.127. The van der Waals surface area contributed by atoms with Crippen molar-refractivity contribution in [2.75, 3.05) is 39.3 Å². The number of methoxy groups -OCH3 is 2. The summed E-state index contributed by atoms with van der Waals surface area (Å²) in [7, 11) is 4.59. The van der Waals surface area contributed by atoms with E-state index in [1.165, 1.54) is 27.3 Å². The van der Waals surface area contributed by atoms with Crippen molar-refractivity contribution in [2.24, 2.45) is 5.92 Å². The van der Waals surface area contributed by atoms with Crippen LogP contribution in [0.2, 0.25) is 0 Å². The third kappa shape index (κ3) is 4.53. The maximum atomic E-state index is 12.3. The first-order valence-corrected chi connectivity index (χ1v) is 8.18. The molecule has 1 aromatic carbocycles. The maximum absolute atomic E-state index is 12.3. The van der Waals surface area contributed by atoms with Gasteiger partial charge in [0, 0.05) is 44.4 Å². The Bertz CT molecular complexity index is 717. The second kappa shape index (κ2) is 8.89. The summed E-state index contributed by atoms with van der Waals surface area (Å²) in [5.74, 6) is 0.0604. The van der Waals surface area contributed by atoms with Crippen molar-refractivity contribution in [2.45, 2.75) is 6.42 Å². The Morgan fingerprint density at radius 1 is 1.27 bits per heavy atom. The van der Waals surface area contributed by atoms with E-state index in [2.05, 4.69) is 10.6 Å². The Labute approximate surface area is 152 Å². The summed E-state index contributed by atoms with van der Waals surface area (Å²) in [6.07, 6.45) is 3.04. The molecule has 0 saturated carbocycles. The van der Waals surface area contributed by atoms with Crippen molar-refractivity contribution in [1.29, 1.82) is 0 Å². The van der Waals surface area contributed by atoms with E-state index in [-0.39, 0.29) is 30.7 Å². The molecule has 0 bridgehead atoms. The molecule has 8 heteroatoms. The first-order valence-electron chi connectivity index (χ1n) is 8.18. The Hall–Kier alpha value is -3.03. The minimum atomic E-state index is -0.441. The fourth-order valence-corrected chi connectivity index (χ4v) is 2.68. The smallest absolute Gasteiger partial charge is 0.243 e. The molecule has 1 aromatic rings. The van der Waals surface area contributed by atoms with Crippen LogP contribution in [0.1, 0.15) is 6.42 Å². The van der Waals surface area contributed by atoms with Crippen LogP contribution >= 0.6 is 0 Å². The minimum Gasteiger partial charge on any atom is -0.493 e. The summed E-state index contributed by atoms with van der Waals surface area (Å²) in [5.41, 5.74) is 0.655. The Balaban J connectivity index is 1.98. The molecule has 1 saturated heterocycles. The van der Waals surface area contributed by atoms with Crippen LogP contribution < -0.4 is 25.0 Å². The molecule has 0 spiro atoms. The molecule has 140 valence electrons. The highest BCUT2D eigenvalue weighted by Gasteiger charge is 2.35. The standard InChI is InChI=1S/C18H23N3O5/c1-19-16(22)5-4-8-20-18(24)12-9-17(23)21(11-12)13-6-7-14(25-2)15(10-13)26-3/h4-7,10,12H,8-9,11H2,1-3H3,(H,19,22)(H,20,24)/b5-4+.